The minimum Gasteiger partial charge on any atom is -0.448 e. The van der Waals surface area contributed by atoms with Gasteiger partial charge in [-0.3, -0.25) is 25.0 Å². The van der Waals surface area contributed by atoms with E-state index in [0.717, 1.165) is 23.8 Å². The third kappa shape index (κ3) is 6.28. The summed E-state index contributed by atoms with van der Waals surface area (Å²) in [7, 11) is 0. The van der Waals surface area contributed by atoms with Crippen molar-refractivity contribution in [2.75, 3.05) is 5.32 Å². The molecule has 0 aromatic heterocycles. The zero-order chi connectivity index (χ0) is 25.7. The van der Waals surface area contributed by atoms with E-state index in [2.05, 4.69) is 37.2 Å². The summed E-state index contributed by atoms with van der Waals surface area (Å²) in [4.78, 5) is 33.7. The summed E-state index contributed by atoms with van der Waals surface area (Å²) in [6, 6.07) is 15.0. The Morgan fingerprint density at radius 2 is 1.83 bits per heavy atom. The van der Waals surface area contributed by atoms with E-state index in [1.165, 1.54) is 6.08 Å². The van der Waals surface area contributed by atoms with Crippen molar-refractivity contribution in [3.05, 3.63) is 100 Å². The van der Waals surface area contributed by atoms with Crippen molar-refractivity contribution in [2.45, 2.75) is 6.92 Å². The molecule has 1 N–H and O–H groups in total. The highest BCUT2D eigenvalue weighted by molar-refractivity contribution is 9.11. The van der Waals surface area contributed by atoms with Crippen LogP contribution in [0.15, 0.2) is 69.1 Å². The lowest BCUT2D eigenvalue weighted by atomic mass is 10.1. The van der Waals surface area contributed by atoms with Crippen LogP contribution in [0.25, 0.3) is 6.08 Å². The molecule has 0 heterocycles. The number of nitriles is 1. The topological polar surface area (TPSA) is 148 Å². The van der Waals surface area contributed by atoms with Gasteiger partial charge in [0.05, 0.1) is 20.4 Å². The van der Waals surface area contributed by atoms with Crippen LogP contribution in [0.3, 0.4) is 0 Å². The number of nitrogens with one attached hydrogen (secondary N) is 1. The number of non-ortho nitro benzene ring substituents is 1. The molecular formula is C23H14Br2N4O6. The number of nitro benzene ring substituents is 2. The number of hydrogen-bond donors (Lipinski definition) is 1. The number of amides is 1. The lowest BCUT2D eigenvalue weighted by Gasteiger charge is -2.13. The van der Waals surface area contributed by atoms with E-state index in [1.54, 1.807) is 30.3 Å². The Kier molecular flexibility index (Phi) is 7.95. The van der Waals surface area contributed by atoms with Crippen LogP contribution in [-0.2, 0) is 4.79 Å². The number of halogens is 2. The number of nitro groups is 2. The second-order valence-electron chi connectivity index (χ2n) is 7.07. The maximum atomic E-state index is 12.7. The third-order valence-electron chi connectivity index (χ3n) is 4.54. The first-order valence-corrected chi connectivity index (χ1v) is 11.3. The Labute approximate surface area is 215 Å². The van der Waals surface area contributed by atoms with Crippen molar-refractivity contribution in [2.24, 2.45) is 0 Å². The largest absolute Gasteiger partial charge is 0.448 e. The van der Waals surface area contributed by atoms with Gasteiger partial charge in [-0.25, -0.2) is 0 Å². The average Bonchev–Trinajstić information content (AvgIpc) is 2.79. The molecule has 3 rings (SSSR count). The minimum absolute atomic E-state index is 0.0567. The first-order chi connectivity index (χ1) is 16.6. The van der Waals surface area contributed by atoms with Gasteiger partial charge in [0.15, 0.2) is 0 Å². The Balaban J connectivity index is 2.04. The summed E-state index contributed by atoms with van der Waals surface area (Å²) in [5.41, 5.74) is 0.320. The van der Waals surface area contributed by atoms with E-state index in [9.17, 15) is 30.3 Å². The van der Waals surface area contributed by atoms with Crippen LogP contribution in [0.2, 0.25) is 0 Å². The van der Waals surface area contributed by atoms with E-state index in [4.69, 9.17) is 4.74 Å². The van der Waals surface area contributed by atoms with Gasteiger partial charge in [0.25, 0.3) is 11.6 Å². The number of aryl methyl sites for hydroxylation is 1. The van der Waals surface area contributed by atoms with Gasteiger partial charge in [0.2, 0.25) is 5.75 Å². The van der Waals surface area contributed by atoms with Gasteiger partial charge in [0, 0.05) is 21.8 Å². The Bertz CT molecular complexity index is 1430. The van der Waals surface area contributed by atoms with E-state index in [-0.39, 0.29) is 22.6 Å². The van der Waals surface area contributed by atoms with E-state index in [1.807, 2.05) is 19.1 Å². The van der Waals surface area contributed by atoms with Crippen molar-refractivity contribution < 1.29 is 19.4 Å². The zero-order valence-electron chi connectivity index (χ0n) is 17.8. The molecule has 0 unspecified atom stereocenters. The molecule has 0 aliphatic carbocycles. The van der Waals surface area contributed by atoms with E-state index < -0.39 is 27.1 Å². The molecule has 0 bridgehead atoms. The molecule has 0 saturated heterocycles. The van der Waals surface area contributed by atoms with Crippen LogP contribution < -0.4 is 10.1 Å². The van der Waals surface area contributed by atoms with Crippen LogP contribution >= 0.6 is 31.9 Å². The third-order valence-corrected chi connectivity index (χ3v) is 5.59. The fourth-order valence-corrected chi connectivity index (χ4v) is 4.32. The van der Waals surface area contributed by atoms with Gasteiger partial charge in [-0.05, 0) is 64.8 Å². The van der Waals surface area contributed by atoms with Crippen molar-refractivity contribution in [1.29, 1.82) is 5.26 Å². The van der Waals surface area contributed by atoms with E-state index >= 15 is 0 Å². The highest BCUT2D eigenvalue weighted by Crippen LogP contribution is 2.41. The highest BCUT2D eigenvalue weighted by Gasteiger charge is 2.23. The molecule has 1 amide bonds. The molecule has 0 aliphatic heterocycles. The van der Waals surface area contributed by atoms with Crippen LogP contribution in [-0.4, -0.2) is 15.8 Å². The number of rotatable bonds is 7. The zero-order valence-corrected chi connectivity index (χ0v) is 21.0. The standard InChI is InChI=1S/C23H14Br2N4O6/c1-13-3-2-4-17(7-13)27-23(30)15(12-26)8-14-9-16(24)10-19(25)22(14)35-21-6-5-18(28(31)32)11-20(21)29(33)34/h2-11H,1H3,(H,27,30)/b15-8+. The Morgan fingerprint density at radius 1 is 1.09 bits per heavy atom. The summed E-state index contributed by atoms with van der Waals surface area (Å²) in [5, 5.41) is 34.8. The maximum absolute atomic E-state index is 12.7. The number of hydrogen-bond acceptors (Lipinski definition) is 7. The fourth-order valence-electron chi connectivity index (χ4n) is 2.98. The highest BCUT2D eigenvalue weighted by atomic mass is 79.9. The minimum atomic E-state index is -0.805. The van der Waals surface area contributed by atoms with Gasteiger partial charge in [-0.2, -0.15) is 5.26 Å². The number of carbonyl (C=O) groups excluding carboxylic acids is 1. The molecule has 10 nitrogen and oxygen atoms in total. The molecule has 3 aromatic carbocycles. The van der Waals surface area contributed by atoms with Gasteiger partial charge in [-0.1, -0.05) is 28.1 Å². The van der Waals surface area contributed by atoms with Crippen molar-refractivity contribution in [1.82, 2.24) is 0 Å². The first-order valence-electron chi connectivity index (χ1n) is 9.68. The number of nitrogens with zero attached hydrogens (tertiary/aromatic N) is 3. The second-order valence-corrected chi connectivity index (χ2v) is 8.84. The maximum Gasteiger partial charge on any atom is 0.318 e. The molecule has 0 radical (unpaired) electrons. The average molecular weight is 602 g/mol. The lowest BCUT2D eigenvalue weighted by molar-refractivity contribution is -0.394. The summed E-state index contributed by atoms with van der Waals surface area (Å²) in [6.07, 6.45) is 1.27. The number of carbonyl (C=O) groups is 1. The van der Waals surface area contributed by atoms with Gasteiger partial charge >= 0.3 is 5.69 Å². The molecule has 176 valence electrons. The summed E-state index contributed by atoms with van der Waals surface area (Å²) in [6.45, 7) is 1.86. The molecule has 0 atom stereocenters. The summed E-state index contributed by atoms with van der Waals surface area (Å²) < 4.78 is 6.68. The van der Waals surface area contributed by atoms with Gasteiger partial charge < -0.3 is 10.1 Å². The molecule has 35 heavy (non-hydrogen) atoms. The number of ether oxygens (including phenoxy) is 1. The fraction of sp³-hybridized carbons (Fsp3) is 0.0435. The summed E-state index contributed by atoms with van der Waals surface area (Å²) in [5.74, 6) is -0.872. The van der Waals surface area contributed by atoms with Crippen LogP contribution in [0.5, 0.6) is 11.5 Å². The second kappa shape index (κ2) is 10.9. The quantitative estimate of drug-likeness (QED) is 0.137. The lowest BCUT2D eigenvalue weighted by Crippen LogP contribution is -2.13. The van der Waals surface area contributed by atoms with Crippen molar-refractivity contribution >= 4 is 60.9 Å². The first kappa shape index (κ1) is 25.5. The predicted molar refractivity (Wildman–Crippen MR) is 135 cm³/mol. The molecule has 3 aromatic rings. The smallest absolute Gasteiger partial charge is 0.318 e. The monoisotopic (exact) mass is 600 g/mol. The van der Waals surface area contributed by atoms with E-state index in [0.29, 0.717) is 14.6 Å². The van der Waals surface area contributed by atoms with Crippen molar-refractivity contribution in [3.8, 4) is 17.6 Å². The van der Waals surface area contributed by atoms with Gasteiger partial charge in [0.1, 0.15) is 17.4 Å². The van der Waals surface area contributed by atoms with Gasteiger partial charge in [-0.15, -0.1) is 0 Å². The normalized spacial score (nSPS) is 10.9. The molecule has 0 aliphatic rings. The Hall–Kier alpha value is -4.08. The number of benzene rings is 3. The predicted octanol–water partition coefficient (Wildman–Crippen LogP) is 6.67. The summed E-state index contributed by atoms with van der Waals surface area (Å²) >= 11 is 6.64. The van der Waals surface area contributed by atoms with Crippen molar-refractivity contribution in [3.63, 3.8) is 0 Å². The van der Waals surface area contributed by atoms with Crippen LogP contribution in [0, 0.1) is 38.5 Å². The molecule has 0 saturated carbocycles. The number of anilines is 1. The SMILES string of the molecule is Cc1cccc(NC(=O)/C(C#N)=C/c2cc(Br)cc(Br)c2Oc2ccc([N+](=O)[O-])cc2[N+](=O)[O-])c1. The molecular weight excluding hydrogens is 588 g/mol. The molecule has 12 heteroatoms. The van der Waals surface area contributed by atoms with Crippen LogP contribution in [0.1, 0.15) is 11.1 Å². The molecule has 0 fully saturated rings. The molecule has 0 spiro atoms. The van der Waals surface area contributed by atoms with Crippen LogP contribution in [0.4, 0.5) is 17.1 Å². The Morgan fingerprint density at radius 3 is 2.46 bits per heavy atom.